The molecule has 1 aromatic rings. The van der Waals surface area contributed by atoms with E-state index in [4.69, 9.17) is 13.9 Å². The zero-order valence-electron chi connectivity index (χ0n) is 13.3. The van der Waals surface area contributed by atoms with E-state index in [9.17, 15) is 4.79 Å². The molecule has 0 bridgehead atoms. The fourth-order valence-corrected chi connectivity index (χ4v) is 3.15. The third kappa shape index (κ3) is 3.19. The Kier molecular flexibility index (Phi) is 4.52. The standard InChI is InChI=1S/C16H24N2O4/c1-13(2)17-4-7-21-12-16(10-17)11-18(5-8-22-16)15(19)14-3-6-20-9-14/h3,6,9,13H,4-5,7-8,10-12H2,1-2H3/t16-/m1/s1. The first-order valence-electron chi connectivity index (χ1n) is 7.87. The number of carbonyl (C=O) groups is 1. The number of morpholine rings is 1. The van der Waals surface area contributed by atoms with Crippen LogP contribution in [0.15, 0.2) is 23.0 Å². The fourth-order valence-electron chi connectivity index (χ4n) is 3.15. The molecule has 3 heterocycles. The van der Waals surface area contributed by atoms with Gasteiger partial charge < -0.3 is 18.8 Å². The van der Waals surface area contributed by atoms with Crippen LogP contribution in [0.4, 0.5) is 0 Å². The zero-order chi connectivity index (χ0) is 15.6. The first-order valence-corrected chi connectivity index (χ1v) is 7.87. The molecule has 0 unspecified atom stereocenters. The minimum Gasteiger partial charge on any atom is -0.472 e. The molecule has 2 saturated heterocycles. The summed E-state index contributed by atoms with van der Waals surface area (Å²) in [5.41, 5.74) is 0.158. The molecule has 22 heavy (non-hydrogen) atoms. The van der Waals surface area contributed by atoms with Gasteiger partial charge in [-0.15, -0.1) is 0 Å². The normalized spacial score (nSPS) is 27.3. The predicted octanol–water partition coefficient (Wildman–Crippen LogP) is 1.23. The summed E-state index contributed by atoms with van der Waals surface area (Å²) in [6.07, 6.45) is 3.02. The number of amides is 1. The van der Waals surface area contributed by atoms with E-state index in [0.717, 1.165) is 13.1 Å². The van der Waals surface area contributed by atoms with Crippen molar-refractivity contribution in [3.8, 4) is 0 Å². The van der Waals surface area contributed by atoms with Crippen molar-refractivity contribution in [1.29, 1.82) is 0 Å². The Labute approximate surface area is 131 Å². The smallest absolute Gasteiger partial charge is 0.257 e. The Hall–Kier alpha value is -1.37. The summed E-state index contributed by atoms with van der Waals surface area (Å²) in [7, 11) is 0. The molecule has 6 heteroatoms. The Bertz CT molecular complexity index is 502. The quantitative estimate of drug-likeness (QED) is 0.822. The van der Waals surface area contributed by atoms with Crippen LogP contribution in [0.25, 0.3) is 0 Å². The van der Waals surface area contributed by atoms with Crippen LogP contribution in [0.2, 0.25) is 0 Å². The molecule has 2 aliphatic rings. The maximum atomic E-state index is 12.5. The summed E-state index contributed by atoms with van der Waals surface area (Å²) in [5.74, 6) is -0.00299. The second kappa shape index (κ2) is 6.40. The summed E-state index contributed by atoms with van der Waals surface area (Å²) in [6.45, 7) is 8.99. The number of hydrogen-bond donors (Lipinski definition) is 0. The maximum Gasteiger partial charge on any atom is 0.257 e. The fraction of sp³-hybridized carbons (Fsp3) is 0.688. The number of rotatable bonds is 2. The molecule has 6 nitrogen and oxygen atoms in total. The van der Waals surface area contributed by atoms with Crippen molar-refractivity contribution in [3.63, 3.8) is 0 Å². The van der Waals surface area contributed by atoms with E-state index < -0.39 is 5.60 Å². The van der Waals surface area contributed by atoms with E-state index in [1.54, 1.807) is 6.07 Å². The highest BCUT2D eigenvalue weighted by atomic mass is 16.5. The van der Waals surface area contributed by atoms with Gasteiger partial charge in [-0.05, 0) is 19.9 Å². The Morgan fingerprint density at radius 1 is 1.27 bits per heavy atom. The SMILES string of the molecule is CC(C)N1CCOC[C@]2(CN(C(=O)c3ccoc3)CCO2)C1. The lowest BCUT2D eigenvalue weighted by atomic mass is 10.0. The van der Waals surface area contributed by atoms with E-state index in [-0.39, 0.29) is 5.91 Å². The molecular weight excluding hydrogens is 284 g/mol. The van der Waals surface area contributed by atoms with Gasteiger partial charge in [0.05, 0.1) is 38.2 Å². The van der Waals surface area contributed by atoms with Crippen molar-refractivity contribution in [1.82, 2.24) is 9.80 Å². The van der Waals surface area contributed by atoms with Gasteiger partial charge in [0.15, 0.2) is 0 Å². The van der Waals surface area contributed by atoms with Gasteiger partial charge in [-0.1, -0.05) is 0 Å². The van der Waals surface area contributed by atoms with Crippen molar-refractivity contribution in [2.45, 2.75) is 25.5 Å². The van der Waals surface area contributed by atoms with Gasteiger partial charge >= 0.3 is 0 Å². The van der Waals surface area contributed by atoms with Crippen LogP contribution in [-0.2, 0) is 9.47 Å². The van der Waals surface area contributed by atoms with Gasteiger partial charge in [-0.3, -0.25) is 9.69 Å². The highest BCUT2D eigenvalue weighted by Crippen LogP contribution is 2.24. The first kappa shape index (κ1) is 15.5. The first-order chi connectivity index (χ1) is 10.6. The van der Waals surface area contributed by atoms with Crippen LogP contribution in [0.5, 0.6) is 0 Å². The minimum atomic E-state index is -0.432. The molecule has 1 atom stereocenters. The van der Waals surface area contributed by atoms with Crippen molar-refractivity contribution in [3.05, 3.63) is 24.2 Å². The zero-order valence-corrected chi connectivity index (χ0v) is 13.3. The molecule has 0 saturated carbocycles. The van der Waals surface area contributed by atoms with Crippen molar-refractivity contribution < 1.29 is 18.7 Å². The van der Waals surface area contributed by atoms with Crippen molar-refractivity contribution in [2.24, 2.45) is 0 Å². The minimum absolute atomic E-state index is 0.00299. The molecule has 122 valence electrons. The molecule has 0 aromatic carbocycles. The molecule has 3 rings (SSSR count). The van der Waals surface area contributed by atoms with Gasteiger partial charge in [0.2, 0.25) is 0 Å². The van der Waals surface area contributed by atoms with Crippen LogP contribution >= 0.6 is 0 Å². The molecule has 2 aliphatic heterocycles. The second-order valence-corrected chi connectivity index (χ2v) is 6.39. The molecule has 1 aromatic heterocycles. The third-order valence-electron chi connectivity index (χ3n) is 4.41. The number of ether oxygens (including phenoxy) is 2. The number of carbonyl (C=O) groups excluding carboxylic acids is 1. The van der Waals surface area contributed by atoms with Gasteiger partial charge in [0.1, 0.15) is 11.9 Å². The molecule has 1 spiro atoms. The van der Waals surface area contributed by atoms with Gasteiger partial charge in [0.25, 0.3) is 5.91 Å². The molecule has 0 radical (unpaired) electrons. The lowest BCUT2D eigenvalue weighted by Gasteiger charge is -2.44. The highest BCUT2D eigenvalue weighted by Gasteiger charge is 2.42. The summed E-state index contributed by atoms with van der Waals surface area (Å²) >= 11 is 0. The lowest BCUT2D eigenvalue weighted by molar-refractivity contribution is -0.134. The average molecular weight is 308 g/mol. The molecular formula is C16H24N2O4. The highest BCUT2D eigenvalue weighted by molar-refractivity contribution is 5.93. The number of nitrogens with zero attached hydrogens (tertiary/aromatic N) is 2. The van der Waals surface area contributed by atoms with Crippen LogP contribution in [-0.4, -0.2) is 73.3 Å². The van der Waals surface area contributed by atoms with E-state index >= 15 is 0 Å². The van der Waals surface area contributed by atoms with Crippen molar-refractivity contribution in [2.75, 3.05) is 46.0 Å². The largest absolute Gasteiger partial charge is 0.472 e. The Morgan fingerprint density at radius 2 is 2.14 bits per heavy atom. The summed E-state index contributed by atoms with van der Waals surface area (Å²) in [6, 6.07) is 2.14. The Balaban J connectivity index is 1.74. The molecule has 2 fully saturated rings. The summed E-state index contributed by atoms with van der Waals surface area (Å²) in [5, 5.41) is 0. The Morgan fingerprint density at radius 3 is 2.86 bits per heavy atom. The van der Waals surface area contributed by atoms with Crippen LogP contribution in [0, 0.1) is 0 Å². The van der Waals surface area contributed by atoms with E-state index in [2.05, 4.69) is 18.7 Å². The van der Waals surface area contributed by atoms with Gasteiger partial charge in [0, 0.05) is 25.7 Å². The monoisotopic (exact) mass is 308 g/mol. The van der Waals surface area contributed by atoms with E-state index in [1.807, 2.05) is 4.90 Å². The van der Waals surface area contributed by atoms with Crippen LogP contribution in [0.3, 0.4) is 0 Å². The molecule has 0 N–H and O–H groups in total. The van der Waals surface area contributed by atoms with E-state index in [0.29, 0.717) is 44.5 Å². The average Bonchev–Trinajstić information content (AvgIpc) is 2.97. The summed E-state index contributed by atoms with van der Waals surface area (Å²) < 4.78 is 16.9. The van der Waals surface area contributed by atoms with Crippen LogP contribution < -0.4 is 0 Å². The van der Waals surface area contributed by atoms with Gasteiger partial charge in [-0.2, -0.15) is 0 Å². The van der Waals surface area contributed by atoms with Crippen LogP contribution in [0.1, 0.15) is 24.2 Å². The lowest BCUT2D eigenvalue weighted by Crippen LogP contribution is -2.60. The van der Waals surface area contributed by atoms with Gasteiger partial charge in [-0.25, -0.2) is 0 Å². The van der Waals surface area contributed by atoms with E-state index in [1.165, 1.54) is 12.5 Å². The number of hydrogen-bond acceptors (Lipinski definition) is 5. The maximum absolute atomic E-state index is 12.5. The van der Waals surface area contributed by atoms with Crippen molar-refractivity contribution >= 4 is 5.91 Å². The third-order valence-corrected chi connectivity index (χ3v) is 4.41. The predicted molar refractivity (Wildman–Crippen MR) is 80.8 cm³/mol. The summed E-state index contributed by atoms with van der Waals surface area (Å²) in [4.78, 5) is 16.8. The number of furan rings is 1. The molecule has 1 amide bonds. The topological polar surface area (TPSA) is 55.2 Å². The molecule has 0 aliphatic carbocycles. The second-order valence-electron chi connectivity index (χ2n) is 6.39.